The maximum absolute atomic E-state index is 12.7. The van der Waals surface area contributed by atoms with E-state index in [2.05, 4.69) is 10.4 Å². The number of anilines is 1. The molecule has 0 atom stereocenters. The molecule has 6 nitrogen and oxygen atoms in total. The molecule has 3 aromatic rings. The molecule has 7 heteroatoms. The van der Waals surface area contributed by atoms with E-state index in [0.717, 1.165) is 11.4 Å². The van der Waals surface area contributed by atoms with Crippen molar-refractivity contribution in [3.05, 3.63) is 77.1 Å². The van der Waals surface area contributed by atoms with Gasteiger partial charge in [-0.1, -0.05) is 30.3 Å². The van der Waals surface area contributed by atoms with E-state index in [1.54, 1.807) is 28.9 Å². The van der Waals surface area contributed by atoms with Crippen molar-refractivity contribution < 1.29 is 13.2 Å². The Balaban J connectivity index is 1.87. The first kappa shape index (κ1) is 18.8. The van der Waals surface area contributed by atoms with Gasteiger partial charge >= 0.3 is 0 Å². The molecule has 27 heavy (non-hydrogen) atoms. The average Bonchev–Trinajstić information content (AvgIpc) is 2.89. The lowest BCUT2D eigenvalue weighted by Crippen LogP contribution is -2.14. The number of carbonyl (C=O) groups is 1. The molecule has 140 valence electrons. The minimum Gasteiger partial charge on any atom is -0.319 e. The highest BCUT2D eigenvalue weighted by Gasteiger charge is 2.16. The largest absolute Gasteiger partial charge is 0.319 e. The van der Waals surface area contributed by atoms with E-state index >= 15 is 0 Å². The second kappa shape index (κ2) is 7.36. The highest BCUT2D eigenvalue weighted by atomic mass is 32.2. The van der Waals surface area contributed by atoms with Crippen LogP contribution in [0.15, 0.2) is 54.6 Å². The molecule has 1 aromatic heterocycles. The first-order valence-electron chi connectivity index (χ1n) is 8.44. The molecule has 0 aliphatic rings. The lowest BCUT2D eigenvalue weighted by molar-refractivity contribution is 0.102. The van der Waals surface area contributed by atoms with Gasteiger partial charge in [-0.15, -0.1) is 0 Å². The number of carbonyl (C=O) groups excluding carboxylic acids is 1. The lowest BCUT2D eigenvalue weighted by Gasteiger charge is -2.08. The summed E-state index contributed by atoms with van der Waals surface area (Å²) in [7, 11) is -3.16. The highest BCUT2D eigenvalue weighted by molar-refractivity contribution is 7.89. The number of para-hydroxylation sites is 1. The van der Waals surface area contributed by atoms with Crippen molar-refractivity contribution in [2.24, 2.45) is 0 Å². The van der Waals surface area contributed by atoms with Crippen molar-refractivity contribution in [3.8, 4) is 5.69 Å². The quantitative estimate of drug-likeness (QED) is 0.733. The fourth-order valence-electron chi connectivity index (χ4n) is 2.93. The molecule has 0 spiro atoms. The van der Waals surface area contributed by atoms with Gasteiger partial charge in [0.05, 0.1) is 28.5 Å². The lowest BCUT2D eigenvalue weighted by atomic mass is 10.1. The third-order valence-corrected chi connectivity index (χ3v) is 5.01. The molecule has 2 aromatic carbocycles. The number of hydrogen-bond acceptors (Lipinski definition) is 4. The van der Waals surface area contributed by atoms with Gasteiger partial charge < -0.3 is 5.32 Å². The molecule has 0 radical (unpaired) electrons. The monoisotopic (exact) mass is 383 g/mol. The number of benzene rings is 2. The van der Waals surface area contributed by atoms with Crippen LogP contribution < -0.4 is 5.32 Å². The van der Waals surface area contributed by atoms with Crippen molar-refractivity contribution in [2.45, 2.75) is 19.6 Å². The molecule has 0 fully saturated rings. The minimum atomic E-state index is -3.16. The van der Waals surface area contributed by atoms with E-state index < -0.39 is 9.84 Å². The van der Waals surface area contributed by atoms with Gasteiger partial charge in [-0.25, -0.2) is 13.1 Å². The summed E-state index contributed by atoms with van der Waals surface area (Å²) in [6.07, 6.45) is 1.17. The van der Waals surface area contributed by atoms with Gasteiger partial charge in [-0.2, -0.15) is 5.10 Å². The molecule has 1 heterocycles. The van der Waals surface area contributed by atoms with Crippen LogP contribution in [0.2, 0.25) is 0 Å². The number of nitrogens with zero attached hydrogens (tertiary/aromatic N) is 2. The van der Waals surface area contributed by atoms with Gasteiger partial charge in [-0.05, 0) is 43.7 Å². The Hall–Kier alpha value is -2.93. The Kier molecular flexibility index (Phi) is 5.14. The third kappa shape index (κ3) is 4.43. The average molecular weight is 383 g/mol. The van der Waals surface area contributed by atoms with Crippen LogP contribution in [-0.4, -0.2) is 30.4 Å². The van der Waals surface area contributed by atoms with Crippen molar-refractivity contribution in [3.63, 3.8) is 0 Å². The Morgan fingerprint density at radius 2 is 1.78 bits per heavy atom. The van der Waals surface area contributed by atoms with Crippen LogP contribution in [-0.2, 0) is 15.6 Å². The highest BCUT2D eigenvalue weighted by Crippen LogP contribution is 2.23. The topological polar surface area (TPSA) is 81.1 Å². The predicted octanol–water partition coefficient (Wildman–Crippen LogP) is 3.29. The van der Waals surface area contributed by atoms with Crippen LogP contribution in [0.5, 0.6) is 0 Å². The van der Waals surface area contributed by atoms with E-state index in [1.807, 2.05) is 44.2 Å². The molecular weight excluding hydrogens is 362 g/mol. The normalized spacial score (nSPS) is 11.4. The van der Waals surface area contributed by atoms with E-state index in [0.29, 0.717) is 22.5 Å². The summed E-state index contributed by atoms with van der Waals surface area (Å²) in [6, 6.07) is 16.3. The summed E-state index contributed by atoms with van der Waals surface area (Å²) in [4.78, 5) is 12.7. The van der Waals surface area contributed by atoms with Crippen molar-refractivity contribution in [1.29, 1.82) is 0 Å². The summed E-state index contributed by atoms with van der Waals surface area (Å²) in [5, 5.41) is 7.42. The molecule has 1 amide bonds. The maximum Gasteiger partial charge on any atom is 0.255 e. The number of amides is 1. The standard InChI is InChI=1S/C20H21N3O3S/c1-14-19(15(2)23(22-14)18-10-5-4-6-11-18)21-20(24)17-9-7-8-16(12-17)13-27(3,25)26/h4-12H,13H2,1-3H3,(H,21,24). The summed E-state index contributed by atoms with van der Waals surface area (Å²) in [6.45, 7) is 3.73. The van der Waals surface area contributed by atoms with E-state index in [1.165, 1.54) is 6.26 Å². The summed E-state index contributed by atoms with van der Waals surface area (Å²) >= 11 is 0. The first-order chi connectivity index (χ1) is 12.7. The first-order valence-corrected chi connectivity index (χ1v) is 10.5. The summed E-state index contributed by atoms with van der Waals surface area (Å²) in [5.74, 6) is -0.401. The van der Waals surface area contributed by atoms with Gasteiger partial charge in [-0.3, -0.25) is 4.79 Å². The van der Waals surface area contributed by atoms with Crippen LogP contribution in [0, 0.1) is 13.8 Å². The van der Waals surface area contributed by atoms with Gasteiger partial charge in [0.2, 0.25) is 0 Å². The van der Waals surface area contributed by atoms with Crippen LogP contribution in [0.1, 0.15) is 27.3 Å². The molecule has 0 unspecified atom stereocenters. The SMILES string of the molecule is Cc1nn(-c2ccccc2)c(C)c1NC(=O)c1cccc(CS(C)(=O)=O)c1. The number of rotatable bonds is 5. The molecule has 0 saturated heterocycles. The summed E-state index contributed by atoms with van der Waals surface area (Å²) < 4.78 is 24.8. The van der Waals surface area contributed by atoms with Crippen LogP contribution in [0.3, 0.4) is 0 Å². The second-order valence-electron chi connectivity index (χ2n) is 6.52. The fraction of sp³-hybridized carbons (Fsp3) is 0.200. The van der Waals surface area contributed by atoms with Crippen molar-refractivity contribution in [1.82, 2.24) is 9.78 Å². The van der Waals surface area contributed by atoms with Crippen LogP contribution >= 0.6 is 0 Å². The van der Waals surface area contributed by atoms with Crippen LogP contribution in [0.25, 0.3) is 5.69 Å². The number of aromatic nitrogens is 2. The van der Waals surface area contributed by atoms with Gasteiger partial charge in [0.1, 0.15) is 0 Å². The molecule has 3 rings (SSSR count). The molecule has 0 aliphatic heterocycles. The molecule has 0 bridgehead atoms. The Labute approximate surface area is 158 Å². The number of aryl methyl sites for hydroxylation is 1. The van der Waals surface area contributed by atoms with Gasteiger partial charge in [0.15, 0.2) is 9.84 Å². The molecule has 0 aliphatic carbocycles. The summed E-state index contributed by atoms with van der Waals surface area (Å²) in [5.41, 5.74) is 4.07. The number of hydrogen-bond donors (Lipinski definition) is 1. The van der Waals surface area contributed by atoms with Gasteiger partial charge in [0.25, 0.3) is 5.91 Å². The van der Waals surface area contributed by atoms with Crippen molar-refractivity contribution >= 4 is 21.4 Å². The zero-order valence-electron chi connectivity index (χ0n) is 15.4. The second-order valence-corrected chi connectivity index (χ2v) is 8.66. The third-order valence-electron chi connectivity index (χ3n) is 4.15. The minimum absolute atomic E-state index is 0.0991. The zero-order chi connectivity index (χ0) is 19.6. The predicted molar refractivity (Wildman–Crippen MR) is 106 cm³/mol. The molecule has 0 saturated carbocycles. The molecule has 1 N–H and O–H groups in total. The fourth-order valence-corrected chi connectivity index (χ4v) is 3.72. The van der Waals surface area contributed by atoms with Crippen LogP contribution in [0.4, 0.5) is 5.69 Å². The Morgan fingerprint density at radius 1 is 1.07 bits per heavy atom. The zero-order valence-corrected chi connectivity index (χ0v) is 16.2. The number of sulfone groups is 1. The molecular formula is C20H21N3O3S. The van der Waals surface area contributed by atoms with E-state index in [-0.39, 0.29) is 11.7 Å². The smallest absolute Gasteiger partial charge is 0.255 e. The van der Waals surface area contributed by atoms with E-state index in [9.17, 15) is 13.2 Å². The van der Waals surface area contributed by atoms with E-state index in [4.69, 9.17) is 0 Å². The Bertz CT molecular complexity index is 1090. The van der Waals surface area contributed by atoms with Gasteiger partial charge in [0, 0.05) is 11.8 Å². The number of nitrogens with one attached hydrogen (secondary N) is 1. The maximum atomic E-state index is 12.7. The van der Waals surface area contributed by atoms with Crippen molar-refractivity contribution in [2.75, 3.05) is 11.6 Å². The Morgan fingerprint density at radius 3 is 2.44 bits per heavy atom.